The summed E-state index contributed by atoms with van der Waals surface area (Å²) < 4.78 is 1.85. The highest BCUT2D eigenvalue weighted by molar-refractivity contribution is 5.87. The average Bonchev–Trinajstić information content (AvgIpc) is 2.85. The second-order valence-electron chi connectivity index (χ2n) is 4.97. The van der Waals surface area contributed by atoms with Crippen LogP contribution in [0.2, 0.25) is 0 Å². The van der Waals surface area contributed by atoms with Crippen LogP contribution in [0.1, 0.15) is 5.56 Å². The van der Waals surface area contributed by atoms with Gasteiger partial charge >= 0.3 is 0 Å². The lowest BCUT2D eigenvalue weighted by Gasteiger charge is -2.18. The SMILES string of the molecule is Cn1nnc2c1-c1ccccc1NCc1ccccc1-2. The molecule has 2 heterocycles. The number of nitrogens with zero attached hydrogens (tertiary/aromatic N) is 3. The van der Waals surface area contributed by atoms with E-state index in [-0.39, 0.29) is 0 Å². The van der Waals surface area contributed by atoms with Gasteiger partial charge in [-0.2, -0.15) is 0 Å². The molecule has 4 heteroatoms. The minimum absolute atomic E-state index is 0.795. The Balaban J connectivity index is 2.08. The van der Waals surface area contributed by atoms with Crippen molar-refractivity contribution in [2.24, 2.45) is 7.05 Å². The molecule has 0 saturated carbocycles. The molecule has 1 aliphatic rings. The van der Waals surface area contributed by atoms with Gasteiger partial charge in [0.2, 0.25) is 0 Å². The molecule has 20 heavy (non-hydrogen) atoms. The van der Waals surface area contributed by atoms with Crippen molar-refractivity contribution in [1.82, 2.24) is 15.0 Å². The van der Waals surface area contributed by atoms with E-state index < -0.39 is 0 Å². The second-order valence-corrected chi connectivity index (χ2v) is 4.97. The number of aryl methyl sites for hydroxylation is 1. The van der Waals surface area contributed by atoms with Crippen LogP contribution in [0.4, 0.5) is 5.69 Å². The lowest BCUT2D eigenvalue weighted by molar-refractivity contribution is 0.721. The van der Waals surface area contributed by atoms with Gasteiger partial charge in [0, 0.05) is 30.4 Å². The highest BCUT2D eigenvalue weighted by atomic mass is 15.4. The van der Waals surface area contributed by atoms with Crippen LogP contribution >= 0.6 is 0 Å². The van der Waals surface area contributed by atoms with E-state index in [4.69, 9.17) is 0 Å². The van der Waals surface area contributed by atoms with Gasteiger partial charge < -0.3 is 5.32 Å². The van der Waals surface area contributed by atoms with Crippen molar-refractivity contribution in [3.8, 4) is 22.5 Å². The summed E-state index contributed by atoms with van der Waals surface area (Å²) in [5.41, 5.74) is 6.66. The molecule has 0 amide bonds. The van der Waals surface area contributed by atoms with Crippen LogP contribution in [0.5, 0.6) is 0 Å². The molecule has 1 aromatic heterocycles. The minimum atomic E-state index is 0.795. The van der Waals surface area contributed by atoms with Crippen molar-refractivity contribution in [2.45, 2.75) is 6.54 Å². The summed E-state index contributed by atoms with van der Waals surface area (Å²) in [5.74, 6) is 0. The molecule has 0 aliphatic carbocycles. The Morgan fingerprint density at radius 2 is 1.75 bits per heavy atom. The Kier molecular flexibility index (Phi) is 2.36. The maximum absolute atomic E-state index is 4.38. The van der Waals surface area contributed by atoms with Crippen molar-refractivity contribution in [1.29, 1.82) is 0 Å². The van der Waals surface area contributed by atoms with Crippen LogP contribution in [0.3, 0.4) is 0 Å². The Morgan fingerprint density at radius 1 is 1.00 bits per heavy atom. The molecular weight excluding hydrogens is 248 g/mol. The molecule has 0 spiro atoms. The zero-order valence-electron chi connectivity index (χ0n) is 11.2. The molecule has 1 aliphatic heterocycles. The number of anilines is 1. The fourth-order valence-corrected chi connectivity index (χ4v) is 2.78. The zero-order valence-corrected chi connectivity index (χ0v) is 11.2. The zero-order chi connectivity index (χ0) is 13.5. The quantitative estimate of drug-likeness (QED) is 0.677. The van der Waals surface area contributed by atoms with Crippen molar-refractivity contribution < 1.29 is 0 Å². The molecule has 98 valence electrons. The van der Waals surface area contributed by atoms with E-state index in [0.717, 1.165) is 34.7 Å². The van der Waals surface area contributed by atoms with Gasteiger partial charge in [-0.15, -0.1) is 5.10 Å². The van der Waals surface area contributed by atoms with Gasteiger partial charge in [-0.3, -0.25) is 0 Å². The van der Waals surface area contributed by atoms with Crippen LogP contribution in [0, 0.1) is 0 Å². The number of aromatic nitrogens is 3. The molecule has 1 N–H and O–H groups in total. The summed E-state index contributed by atoms with van der Waals surface area (Å²) >= 11 is 0. The maximum atomic E-state index is 4.38. The van der Waals surface area contributed by atoms with E-state index in [0.29, 0.717) is 0 Å². The molecule has 0 bridgehead atoms. The van der Waals surface area contributed by atoms with E-state index in [1.165, 1.54) is 5.56 Å². The first-order valence-electron chi connectivity index (χ1n) is 6.66. The number of nitrogens with one attached hydrogen (secondary N) is 1. The number of rotatable bonds is 0. The summed E-state index contributed by atoms with van der Waals surface area (Å²) in [6.45, 7) is 0.795. The van der Waals surface area contributed by atoms with E-state index in [1.54, 1.807) is 0 Å². The molecule has 3 aromatic rings. The third-order valence-corrected chi connectivity index (χ3v) is 3.75. The third-order valence-electron chi connectivity index (χ3n) is 3.75. The lowest BCUT2D eigenvalue weighted by atomic mass is 9.97. The largest absolute Gasteiger partial charge is 0.380 e. The molecular formula is C16H14N4. The fourth-order valence-electron chi connectivity index (χ4n) is 2.78. The van der Waals surface area contributed by atoms with Crippen molar-refractivity contribution in [2.75, 3.05) is 5.32 Å². The predicted octanol–water partition coefficient (Wildman–Crippen LogP) is 3.07. The van der Waals surface area contributed by atoms with Gasteiger partial charge in [0.15, 0.2) is 0 Å². The van der Waals surface area contributed by atoms with Gasteiger partial charge in [-0.25, -0.2) is 4.68 Å². The van der Waals surface area contributed by atoms with E-state index >= 15 is 0 Å². The Bertz CT molecular complexity index is 789. The van der Waals surface area contributed by atoms with Gasteiger partial charge in [0.1, 0.15) is 5.69 Å². The van der Waals surface area contributed by atoms with Gasteiger partial charge in [0.05, 0.1) is 5.69 Å². The van der Waals surface area contributed by atoms with Crippen LogP contribution < -0.4 is 5.32 Å². The van der Waals surface area contributed by atoms with E-state index in [1.807, 2.05) is 29.9 Å². The minimum Gasteiger partial charge on any atom is -0.380 e. The Morgan fingerprint density at radius 3 is 2.65 bits per heavy atom. The van der Waals surface area contributed by atoms with Crippen molar-refractivity contribution >= 4 is 5.69 Å². The second kappa shape index (κ2) is 4.20. The molecule has 4 rings (SSSR count). The monoisotopic (exact) mass is 262 g/mol. The molecule has 0 atom stereocenters. The van der Waals surface area contributed by atoms with Crippen LogP contribution in [0.15, 0.2) is 48.5 Å². The number of benzene rings is 2. The Hall–Kier alpha value is -2.62. The number of fused-ring (bicyclic) bond motifs is 5. The summed E-state index contributed by atoms with van der Waals surface area (Å²) in [6.07, 6.45) is 0. The highest BCUT2D eigenvalue weighted by Crippen LogP contribution is 2.37. The number of hydrogen-bond acceptors (Lipinski definition) is 3. The summed E-state index contributed by atoms with van der Waals surface area (Å²) in [4.78, 5) is 0. The summed E-state index contributed by atoms with van der Waals surface area (Å²) in [7, 11) is 1.94. The smallest absolute Gasteiger partial charge is 0.121 e. The van der Waals surface area contributed by atoms with Crippen LogP contribution in [-0.2, 0) is 13.6 Å². The molecule has 0 saturated heterocycles. The first kappa shape index (κ1) is 11.2. The topological polar surface area (TPSA) is 42.7 Å². The molecule has 0 unspecified atom stereocenters. The predicted molar refractivity (Wildman–Crippen MR) is 79.2 cm³/mol. The summed E-state index contributed by atoms with van der Waals surface area (Å²) in [5, 5.41) is 12.1. The number of hydrogen-bond donors (Lipinski definition) is 1. The first-order chi connectivity index (χ1) is 9.84. The van der Waals surface area contributed by atoms with Crippen molar-refractivity contribution in [3.05, 3.63) is 54.1 Å². The summed E-state index contributed by atoms with van der Waals surface area (Å²) in [6, 6.07) is 16.6. The number of para-hydroxylation sites is 1. The van der Waals surface area contributed by atoms with E-state index in [2.05, 4.69) is 46.0 Å². The van der Waals surface area contributed by atoms with E-state index in [9.17, 15) is 0 Å². The third kappa shape index (κ3) is 1.54. The van der Waals surface area contributed by atoms with Gasteiger partial charge in [0.25, 0.3) is 0 Å². The molecule has 0 radical (unpaired) electrons. The lowest BCUT2D eigenvalue weighted by Crippen LogP contribution is -2.07. The van der Waals surface area contributed by atoms with Crippen molar-refractivity contribution in [3.63, 3.8) is 0 Å². The van der Waals surface area contributed by atoms with Gasteiger partial charge in [-0.05, 0) is 11.6 Å². The maximum Gasteiger partial charge on any atom is 0.121 e. The van der Waals surface area contributed by atoms with Gasteiger partial charge in [-0.1, -0.05) is 47.7 Å². The fraction of sp³-hybridized carbons (Fsp3) is 0.125. The van der Waals surface area contributed by atoms with Crippen LogP contribution in [0.25, 0.3) is 22.5 Å². The van der Waals surface area contributed by atoms with Crippen LogP contribution in [-0.4, -0.2) is 15.0 Å². The highest BCUT2D eigenvalue weighted by Gasteiger charge is 2.21. The molecule has 2 aromatic carbocycles. The average molecular weight is 262 g/mol. The molecule has 0 fully saturated rings. The first-order valence-corrected chi connectivity index (χ1v) is 6.66. The normalized spacial score (nSPS) is 12.4. The Labute approximate surface area is 117 Å². The standard InChI is InChI=1S/C16H14N4/c1-20-16-13-8-4-5-9-14(13)17-10-11-6-2-3-7-12(11)15(16)18-19-20/h2-9,17H,10H2,1H3. The molecule has 4 nitrogen and oxygen atoms in total.